The minimum absolute atomic E-state index is 0.0744. The number of hydrogen-bond donors (Lipinski definition) is 1. The molecule has 0 aliphatic heterocycles. The fraction of sp³-hybridized carbons (Fsp3) is 0.160. The van der Waals surface area contributed by atoms with E-state index in [9.17, 15) is 13.6 Å². The van der Waals surface area contributed by atoms with Crippen LogP contribution in [0.1, 0.15) is 23.1 Å². The third-order valence-corrected chi connectivity index (χ3v) is 5.14. The lowest BCUT2D eigenvalue weighted by molar-refractivity contribution is -0.121. The minimum Gasteiger partial charge on any atom is -0.352 e. The van der Waals surface area contributed by atoms with E-state index < -0.39 is 0 Å². The number of aryl methyl sites for hydroxylation is 1. The Morgan fingerprint density at radius 2 is 1.67 bits per heavy atom. The average Bonchev–Trinajstić information content (AvgIpc) is 3.10. The fourth-order valence-corrected chi connectivity index (χ4v) is 3.62. The maximum Gasteiger partial charge on any atom is 0.220 e. The summed E-state index contributed by atoms with van der Waals surface area (Å²) in [7, 11) is 0. The summed E-state index contributed by atoms with van der Waals surface area (Å²) in [5.41, 5.74) is 3.92. The average molecular weight is 404 g/mol. The Balaban J connectivity index is 1.43. The number of fused-ring (bicyclic) bond motifs is 1. The lowest BCUT2D eigenvalue weighted by Gasteiger charge is -2.06. The minimum atomic E-state index is -0.310. The number of carbonyl (C=O) groups is 1. The molecule has 0 aliphatic rings. The van der Waals surface area contributed by atoms with E-state index in [1.807, 2.05) is 18.2 Å². The van der Waals surface area contributed by atoms with E-state index in [-0.39, 0.29) is 17.5 Å². The topological polar surface area (TPSA) is 34.0 Å². The smallest absolute Gasteiger partial charge is 0.220 e. The Hall–Kier alpha value is -3.47. The number of nitrogens with one attached hydrogen (secondary N) is 1. The number of benzene rings is 3. The number of carbonyl (C=O) groups excluding carboxylic acids is 1. The Kier molecular flexibility index (Phi) is 5.89. The molecule has 4 aromatic rings. The molecule has 30 heavy (non-hydrogen) atoms. The van der Waals surface area contributed by atoms with E-state index in [4.69, 9.17) is 0 Å². The SMILES string of the molecule is O=C(CCc1cn(Cc2ccc(F)cc2)c2ccccc12)NCc1cccc(F)c1. The zero-order valence-electron chi connectivity index (χ0n) is 16.4. The molecule has 0 saturated carbocycles. The van der Waals surface area contributed by atoms with Crippen LogP contribution in [0.3, 0.4) is 0 Å². The van der Waals surface area contributed by atoms with Crippen molar-refractivity contribution in [3.63, 3.8) is 0 Å². The molecule has 0 aliphatic carbocycles. The molecule has 0 atom stereocenters. The third kappa shape index (κ3) is 4.74. The molecule has 1 aromatic heterocycles. The monoisotopic (exact) mass is 404 g/mol. The highest BCUT2D eigenvalue weighted by atomic mass is 19.1. The van der Waals surface area contributed by atoms with Gasteiger partial charge < -0.3 is 9.88 Å². The molecule has 0 saturated heterocycles. The number of para-hydroxylation sites is 1. The molecule has 3 aromatic carbocycles. The lowest BCUT2D eigenvalue weighted by atomic mass is 10.1. The Bertz CT molecular complexity index is 1170. The van der Waals surface area contributed by atoms with Crippen molar-refractivity contribution in [1.82, 2.24) is 9.88 Å². The van der Waals surface area contributed by atoms with Crippen molar-refractivity contribution in [2.45, 2.75) is 25.9 Å². The van der Waals surface area contributed by atoms with Crippen molar-refractivity contribution in [2.24, 2.45) is 0 Å². The number of halogens is 2. The molecule has 0 unspecified atom stereocenters. The van der Waals surface area contributed by atoms with Crippen molar-refractivity contribution in [2.75, 3.05) is 0 Å². The van der Waals surface area contributed by atoms with E-state index in [2.05, 4.69) is 22.1 Å². The van der Waals surface area contributed by atoms with Gasteiger partial charge in [0.05, 0.1) is 0 Å². The van der Waals surface area contributed by atoms with Gasteiger partial charge in [0, 0.05) is 36.6 Å². The molecule has 1 N–H and O–H groups in total. The highest BCUT2D eigenvalue weighted by Gasteiger charge is 2.11. The standard InChI is InChI=1S/C25H22F2N2O/c26-21-11-8-18(9-12-21)16-29-17-20(23-6-1-2-7-24(23)29)10-13-25(30)28-15-19-4-3-5-22(27)14-19/h1-9,11-12,14,17H,10,13,15-16H2,(H,28,30). The van der Waals surface area contributed by atoms with Gasteiger partial charge in [-0.2, -0.15) is 0 Å². The zero-order chi connectivity index (χ0) is 20.9. The zero-order valence-corrected chi connectivity index (χ0v) is 16.4. The van der Waals surface area contributed by atoms with Crippen molar-refractivity contribution in [1.29, 1.82) is 0 Å². The summed E-state index contributed by atoms with van der Waals surface area (Å²) in [6.07, 6.45) is 3.01. The van der Waals surface area contributed by atoms with Crippen molar-refractivity contribution in [3.8, 4) is 0 Å². The number of rotatable bonds is 7. The number of nitrogens with zero attached hydrogens (tertiary/aromatic N) is 1. The molecule has 152 valence electrons. The van der Waals surface area contributed by atoms with Gasteiger partial charge in [0.15, 0.2) is 0 Å². The van der Waals surface area contributed by atoms with Crippen LogP contribution in [0.25, 0.3) is 10.9 Å². The van der Waals surface area contributed by atoms with E-state index in [0.717, 1.165) is 27.6 Å². The molecule has 5 heteroatoms. The molecule has 0 radical (unpaired) electrons. The molecule has 1 heterocycles. The Morgan fingerprint density at radius 3 is 2.47 bits per heavy atom. The van der Waals surface area contributed by atoms with Gasteiger partial charge in [-0.25, -0.2) is 8.78 Å². The Morgan fingerprint density at radius 1 is 0.867 bits per heavy atom. The summed E-state index contributed by atoms with van der Waals surface area (Å²) in [6.45, 7) is 0.940. The highest BCUT2D eigenvalue weighted by molar-refractivity contribution is 5.85. The van der Waals surface area contributed by atoms with Crippen LogP contribution in [0.5, 0.6) is 0 Å². The summed E-state index contributed by atoms with van der Waals surface area (Å²) in [6, 6.07) is 20.8. The summed E-state index contributed by atoms with van der Waals surface area (Å²) < 4.78 is 28.6. The first kappa shape index (κ1) is 19.8. The van der Waals surface area contributed by atoms with E-state index in [1.54, 1.807) is 24.3 Å². The molecule has 4 rings (SSSR count). The maximum atomic E-state index is 13.3. The quantitative estimate of drug-likeness (QED) is 0.450. The fourth-order valence-electron chi connectivity index (χ4n) is 3.62. The highest BCUT2D eigenvalue weighted by Crippen LogP contribution is 2.23. The Labute approximate surface area is 174 Å². The van der Waals surface area contributed by atoms with Crippen LogP contribution in [0.2, 0.25) is 0 Å². The van der Waals surface area contributed by atoms with Gasteiger partial charge in [-0.1, -0.05) is 42.5 Å². The molecule has 3 nitrogen and oxygen atoms in total. The van der Waals surface area contributed by atoms with Crippen LogP contribution < -0.4 is 5.32 Å². The molecule has 0 fully saturated rings. The van der Waals surface area contributed by atoms with Gasteiger partial charge in [0.1, 0.15) is 11.6 Å². The second-order valence-corrected chi connectivity index (χ2v) is 7.33. The summed E-state index contributed by atoms with van der Waals surface area (Å²) in [4.78, 5) is 12.3. The van der Waals surface area contributed by atoms with Crippen LogP contribution in [-0.4, -0.2) is 10.5 Å². The van der Waals surface area contributed by atoms with Gasteiger partial charge in [-0.3, -0.25) is 4.79 Å². The van der Waals surface area contributed by atoms with E-state index in [0.29, 0.717) is 25.9 Å². The van der Waals surface area contributed by atoms with Gasteiger partial charge in [0.25, 0.3) is 0 Å². The number of amides is 1. The predicted molar refractivity (Wildman–Crippen MR) is 114 cm³/mol. The van der Waals surface area contributed by atoms with Gasteiger partial charge >= 0.3 is 0 Å². The van der Waals surface area contributed by atoms with Crippen LogP contribution in [-0.2, 0) is 24.3 Å². The van der Waals surface area contributed by atoms with Crippen LogP contribution in [0.4, 0.5) is 8.78 Å². The first-order valence-electron chi connectivity index (χ1n) is 9.91. The maximum absolute atomic E-state index is 13.3. The van der Waals surface area contributed by atoms with Gasteiger partial charge in [-0.05, 0) is 53.4 Å². The lowest BCUT2D eigenvalue weighted by Crippen LogP contribution is -2.23. The summed E-state index contributed by atoms with van der Waals surface area (Å²) >= 11 is 0. The van der Waals surface area contributed by atoms with Gasteiger partial charge in [-0.15, -0.1) is 0 Å². The number of hydrogen-bond acceptors (Lipinski definition) is 1. The predicted octanol–water partition coefficient (Wildman–Crippen LogP) is 5.22. The molecular weight excluding hydrogens is 382 g/mol. The van der Waals surface area contributed by atoms with E-state index in [1.165, 1.54) is 24.3 Å². The second-order valence-electron chi connectivity index (χ2n) is 7.33. The second kappa shape index (κ2) is 8.91. The summed E-state index contributed by atoms with van der Waals surface area (Å²) in [5.74, 6) is -0.633. The molecule has 1 amide bonds. The number of aromatic nitrogens is 1. The van der Waals surface area contributed by atoms with Crippen molar-refractivity contribution < 1.29 is 13.6 Å². The molecular formula is C25H22F2N2O. The largest absolute Gasteiger partial charge is 0.352 e. The third-order valence-electron chi connectivity index (χ3n) is 5.14. The van der Waals surface area contributed by atoms with Crippen LogP contribution >= 0.6 is 0 Å². The van der Waals surface area contributed by atoms with Crippen LogP contribution in [0, 0.1) is 11.6 Å². The van der Waals surface area contributed by atoms with E-state index >= 15 is 0 Å². The molecule has 0 bridgehead atoms. The summed E-state index contributed by atoms with van der Waals surface area (Å²) in [5, 5.41) is 3.96. The first-order valence-corrected chi connectivity index (χ1v) is 9.91. The van der Waals surface area contributed by atoms with Crippen molar-refractivity contribution >= 4 is 16.8 Å². The normalized spacial score (nSPS) is 11.0. The first-order chi connectivity index (χ1) is 14.6. The molecule has 0 spiro atoms. The van der Waals surface area contributed by atoms with Crippen LogP contribution in [0.15, 0.2) is 79.0 Å². The van der Waals surface area contributed by atoms with Gasteiger partial charge in [0.2, 0.25) is 5.91 Å². The van der Waals surface area contributed by atoms with Crippen molar-refractivity contribution in [3.05, 3.63) is 107 Å².